The zero-order valence-electron chi connectivity index (χ0n) is 15.2. The van der Waals surface area contributed by atoms with Crippen LogP contribution in [0.5, 0.6) is 0 Å². The van der Waals surface area contributed by atoms with Gasteiger partial charge < -0.3 is 14.5 Å². The zero-order chi connectivity index (χ0) is 18.7. The number of carbonyl (C=O) groups excluding carboxylic acids is 2. The maximum absolute atomic E-state index is 13.3. The predicted molar refractivity (Wildman–Crippen MR) is 95.6 cm³/mol. The lowest BCUT2D eigenvalue weighted by atomic mass is 10.0. The van der Waals surface area contributed by atoms with Gasteiger partial charge in [-0.1, -0.05) is 12.1 Å². The van der Waals surface area contributed by atoms with E-state index < -0.39 is 0 Å². The first-order chi connectivity index (χ1) is 12.5. The quantitative estimate of drug-likeness (QED) is 0.563. The van der Waals surface area contributed by atoms with E-state index in [0.29, 0.717) is 49.5 Å². The van der Waals surface area contributed by atoms with Crippen molar-refractivity contribution in [3.05, 3.63) is 41.3 Å². The van der Waals surface area contributed by atoms with Crippen molar-refractivity contribution >= 4 is 17.4 Å². The summed E-state index contributed by atoms with van der Waals surface area (Å²) in [5.41, 5.74) is 1.39. The molecule has 0 aliphatic carbocycles. The lowest BCUT2D eigenvalue weighted by Crippen LogP contribution is -2.46. The standard InChI is InChI=1S/C19H24FN3O3/c1-21-9-11-22(12-10-21)17-16(14-4-6-15(20)7-5-14)18(24)23(19(17)25)8-3-13-26-2/h4-7H,3,8-13H2,1-2H3. The average molecular weight is 361 g/mol. The Bertz CT molecular complexity index is 709. The second-order valence-electron chi connectivity index (χ2n) is 6.63. The third kappa shape index (κ3) is 3.64. The molecule has 1 saturated heterocycles. The van der Waals surface area contributed by atoms with Crippen molar-refractivity contribution in [2.75, 3.05) is 53.5 Å². The molecule has 0 aromatic heterocycles. The lowest BCUT2D eigenvalue weighted by molar-refractivity contribution is -0.137. The molecule has 1 aromatic carbocycles. The van der Waals surface area contributed by atoms with Crippen molar-refractivity contribution in [1.82, 2.24) is 14.7 Å². The van der Waals surface area contributed by atoms with E-state index in [1.807, 2.05) is 11.9 Å². The molecular formula is C19H24FN3O3. The Labute approximate surface area is 152 Å². The van der Waals surface area contributed by atoms with Crippen molar-refractivity contribution < 1.29 is 18.7 Å². The number of hydrogen-bond donors (Lipinski definition) is 0. The normalized spacial score (nSPS) is 19.0. The van der Waals surface area contributed by atoms with Crippen molar-refractivity contribution in [3.63, 3.8) is 0 Å². The van der Waals surface area contributed by atoms with Crippen LogP contribution in [0.4, 0.5) is 4.39 Å². The van der Waals surface area contributed by atoms with Crippen LogP contribution in [0.2, 0.25) is 0 Å². The number of amides is 2. The largest absolute Gasteiger partial charge is 0.385 e. The highest BCUT2D eigenvalue weighted by Crippen LogP contribution is 2.32. The fraction of sp³-hybridized carbons (Fsp3) is 0.474. The summed E-state index contributed by atoms with van der Waals surface area (Å²) < 4.78 is 18.3. The first kappa shape index (κ1) is 18.5. The fourth-order valence-corrected chi connectivity index (χ4v) is 3.33. The van der Waals surface area contributed by atoms with Gasteiger partial charge in [-0.25, -0.2) is 4.39 Å². The van der Waals surface area contributed by atoms with Crippen LogP contribution in [0.3, 0.4) is 0 Å². The van der Waals surface area contributed by atoms with Gasteiger partial charge in [-0.05, 0) is 31.2 Å². The molecule has 0 unspecified atom stereocenters. The van der Waals surface area contributed by atoms with Crippen molar-refractivity contribution in [3.8, 4) is 0 Å². The molecule has 140 valence electrons. The fourth-order valence-electron chi connectivity index (χ4n) is 3.33. The number of carbonyl (C=O) groups is 2. The Kier molecular flexibility index (Phi) is 5.68. The first-order valence-electron chi connectivity index (χ1n) is 8.81. The summed E-state index contributed by atoms with van der Waals surface area (Å²) in [4.78, 5) is 31.5. The Hall–Kier alpha value is -2.25. The van der Waals surface area contributed by atoms with Gasteiger partial charge in [0.2, 0.25) is 0 Å². The average Bonchev–Trinajstić information content (AvgIpc) is 2.88. The molecule has 0 saturated carbocycles. The smallest absolute Gasteiger partial charge is 0.277 e. The highest BCUT2D eigenvalue weighted by atomic mass is 19.1. The molecule has 3 rings (SSSR count). The van der Waals surface area contributed by atoms with Crippen molar-refractivity contribution in [2.24, 2.45) is 0 Å². The van der Waals surface area contributed by atoms with E-state index in [4.69, 9.17) is 4.74 Å². The van der Waals surface area contributed by atoms with Crippen molar-refractivity contribution in [2.45, 2.75) is 6.42 Å². The monoisotopic (exact) mass is 361 g/mol. The van der Waals surface area contributed by atoms with Gasteiger partial charge in [0.15, 0.2) is 0 Å². The number of benzene rings is 1. The molecule has 7 heteroatoms. The predicted octanol–water partition coefficient (Wildman–Crippen LogP) is 1.19. The van der Waals surface area contributed by atoms with Gasteiger partial charge in [0.1, 0.15) is 11.5 Å². The molecule has 6 nitrogen and oxygen atoms in total. The highest BCUT2D eigenvalue weighted by Gasteiger charge is 2.41. The van der Waals surface area contributed by atoms with Gasteiger partial charge in [0.25, 0.3) is 11.8 Å². The van der Waals surface area contributed by atoms with Crippen LogP contribution in [0, 0.1) is 5.82 Å². The molecule has 0 N–H and O–H groups in total. The summed E-state index contributed by atoms with van der Waals surface area (Å²) >= 11 is 0. The van der Waals surface area contributed by atoms with Crippen LogP contribution in [0.15, 0.2) is 30.0 Å². The van der Waals surface area contributed by atoms with Gasteiger partial charge in [0.05, 0.1) is 5.57 Å². The summed E-state index contributed by atoms with van der Waals surface area (Å²) in [6.45, 7) is 3.81. The van der Waals surface area contributed by atoms with E-state index in [1.165, 1.54) is 17.0 Å². The number of piperazine rings is 1. The molecule has 1 aromatic rings. The molecule has 0 bridgehead atoms. The van der Waals surface area contributed by atoms with Gasteiger partial charge in [0, 0.05) is 46.4 Å². The first-order valence-corrected chi connectivity index (χ1v) is 8.81. The number of imide groups is 1. The highest BCUT2D eigenvalue weighted by molar-refractivity contribution is 6.35. The summed E-state index contributed by atoms with van der Waals surface area (Å²) in [5, 5.41) is 0. The summed E-state index contributed by atoms with van der Waals surface area (Å²) in [6.07, 6.45) is 0.584. The number of methoxy groups -OCH3 is 1. The van der Waals surface area contributed by atoms with Gasteiger partial charge >= 0.3 is 0 Å². The molecule has 1 fully saturated rings. The SMILES string of the molecule is COCCCN1C(=O)C(c2ccc(F)cc2)=C(N2CCN(C)CC2)C1=O. The Morgan fingerprint density at radius 3 is 2.31 bits per heavy atom. The number of likely N-dealkylation sites (N-methyl/N-ethyl adjacent to an activating group) is 1. The van der Waals surface area contributed by atoms with Crippen LogP contribution in [-0.4, -0.2) is 80.0 Å². The molecule has 0 spiro atoms. The van der Waals surface area contributed by atoms with E-state index in [1.54, 1.807) is 19.2 Å². The summed E-state index contributed by atoms with van der Waals surface area (Å²) in [6, 6.07) is 5.75. The van der Waals surface area contributed by atoms with Crippen LogP contribution in [0.25, 0.3) is 5.57 Å². The van der Waals surface area contributed by atoms with Crippen LogP contribution in [-0.2, 0) is 14.3 Å². The summed E-state index contributed by atoms with van der Waals surface area (Å²) in [7, 11) is 3.62. The lowest BCUT2D eigenvalue weighted by Gasteiger charge is -2.34. The van der Waals surface area contributed by atoms with Crippen LogP contribution < -0.4 is 0 Å². The topological polar surface area (TPSA) is 53.1 Å². The minimum Gasteiger partial charge on any atom is -0.385 e. The second-order valence-corrected chi connectivity index (χ2v) is 6.63. The third-order valence-electron chi connectivity index (χ3n) is 4.83. The molecule has 2 aliphatic heterocycles. The van der Waals surface area contributed by atoms with Crippen LogP contribution in [0.1, 0.15) is 12.0 Å². The summed E-state index contributed by atoms with van der Waals surface area (Å²) in [5.74, 6) is -0.953. The van der Waals surface area contributed by atoms with E-state index >= 15 is 0 Å². The van der Waals surface area contributed by atoms with Crippen LogP contribution >= 0.6 is 0 Å². The van der Waals surface area contributed by atoms with E-state index in [2.05, 4.69) is 4.90 Å². The van der Waals surface area contributed by atoms with Crippen molar-refractivity contribution in [1.29, 1.82) is 0 Å². The molecule has 2 aliphatic rings. The molecular weight excluding hydrogens is 337 g/mol. The van der Waals surface area contributed by atoms with Gasteiger partial charge in [-0.3, -0.25) is 14.5 Å². The maximum atomic E-state index is 13.3. The van der Waals surface area contributed by atoms with Gasteiger partial charge in [-0.2, -0.15) is 0 Å². The molecule has 0 radical (unpaired) electrons. The molecule has 26 heavy (non-hydrogen) atoms. The number of hydrogen-bond acceptors (Lipinski definition) is 5. The van der Waals surface area contributed by atoms with E-state index in [0.717, 1.165) is 13.1 Å². The Morgan fingerprint density at radius 1 is 1.04 bits per heavy atom. The number of halogens is 1. The minimum atomic E-state index is -0.371. The number of rotatable bonds is 6. The second kappa shape index (κ2) is 7.97. The molecule has 0 atom stereocenters. The number of nitrogens with zero attached hydrogens (tertiary/aromatic N) is 3. The Balaban J connectivity index is 1.95. The molecule has 2 heterocycles. The molecule has 2 amide bonds. The zero-order valence-corrected chi connectivity index (χ0v) is 15.2. The maximum Gasteiger partial charge on any atom is 0.277 e. The third-order valence-corrected chi connectivity index (χ3v) is 4.83. The Morgan fingerprint density at radius 2 is 1.69 bits per heavy atom. The van der Waals surface area contributed by atoms with E-state index in [9.17, 15) is 14.0 Å². The van der Waals surface area contributed by atoms with Gasteiger partial charge in [-0.15, -0.1) is 0 Å². The number of ether oxygens (including phenoxy) is 1. The minimum absolute atomic E-state index is 0.269. The van der Waals surface area contributed by atoms with E-state index in [-0.39, 0.29) is 17.6 Å².